The number of carbonyl (C=O) groups excluding carboxylic acids is 1. The number of methoxy groups -OCH3 is 1. The van der Waals surface area contributed by atoms with Gasteiger partial charge < -0.3 is 20.5 Å². The van der Waals surface area contributed by atoms with Crippen molar-refractivity contribution in [2.75, 3.05) is 19.0 Å². The number of ether oxygens (including phenoxy) is 1. The van der Waals surface area contributed by atoms with Crippen LogP contribution in [0.4, 0.5) is 10.5 Å². The lowest BCUT2D eigenvalue weighted by Crippen LogP contribution is -2.33. The average Bonchev–Trinajstić information content (AvgIpc) is 2.36. The predicted molar refractivity (Wildman–Crippen MR) is 83.2 cm³/mol. The zero-order chi connectivity index (χ0) is 15.1. The van der Waals surface area contributed by atoms with Gasteiger partial charge in [0.25, 0.3) is 0 Å². The molecule has 5 nitrogen and oxygen atoms in total. The predicted octanol–water partition coefficient (Wildman–Crippen LogP) is 2.99. The molecule has 1 aromatic rings. The molecule has 20 heavy (non-hydrogen) atoms. The Balaban J connectivity index is 2.44. The quantitative estimate of drug-likeness (QED) is 0.742. The second-order valence-corrected chi connectivity index (χ2v) is 5.73. The summed E-state index contributed by atoms with van der Waals surface area (Å²) >= 11 is 3.36. The number of aliphatic hydroxyl groups is 1. The lowest BCUT2D eigenvalue weighted by Gasteiger charge is -2.15. The van der Waals surface area contributed by atoms with Gasteiger partial charge in [-0.1, -0.05) is 6.92 Å². The molecule has 2 atom stereocenters. The van der Waals surface area contributed by atoms with Gasteiger partial charge >= 0.3 is 6.03 Å². The molecule has 0 aromatic heterocycles. The van der Waals surface area contributed by atoms with Crippen LogP contribution < -0.4 is 15.4 Å². The van der Waals surface area contributed by atoms with Crippen LogP contribution in [-0.2, 0) is 0 Å². The summed E-state index contributed by atoms with van der Waals surface area (Å²) in [6.45, 7) is 4.25. The molecule has 1 rings (SSSR count). The number of nitrogens with one attached hydrogen (secondary N) is 2. The molecule has 0 saturated carbocycles. The molecule has 0 radical (unpaired) electrons. The Bertz CT molecular complexity index is 452. The van der Waals surface area contributed by atoms with Crippen molar-refractivity contribution < 1.29 is 14.6 Å². The van der Waals surface area contributed by atoms with E-state index in [0.717, 1.165) is 4.47 Å². The van der Waals surface area contributed by atoms with Crippen molar-refractivity contribution in [3.63, 3.8) is 0 Å². The molecule has 6 heteroatoms. The molecular weight excluding hydrogens is 324 g/mol. The van der Waals surface area contributed by atoms with Crippen LogP contribution in [0.5, 0.6) is 5.75 Å². The smallest absolute Gasteiger partial charge is 0.319 e. The fourth-order valence-corrected chi connectivity index (χ4v) is 2.39. The topological polar surface area (TPSA) is 70.6 Å². The summed E-state index contributed by atoms with van der Waals surface area (Å²) in [6, 6.07) is 5.05. The van der Waals surface area contributed by atoms with E-state index >= 15 is 0 Å². The Morgan fingerprint density at radius 3 is 2.70 bits per heavy atom. The standard InChI is InChI=1S/C14H21BrN2O3/c1-9(6-10(2)18)8-16-14(19)17-11-4-5-13(20-3)12(15)7-11/h4-5,7,9-10,18H,6,8H2,1-3H3,(H2,16,17,19)/t9-,10-/m1/s1. The van der Waals surface area contributed by atoms with E-state index < -0.39 is 0 Å². The van der Waals surface area contributed by atoms with E-state index in [4.69, 9.17) is 4.74 Å². The van der Waals surface area contributed by atoms with Crippen molar-refractivity contribution in [1.29, 1.82) is 0 Å². The van der Waals surface area contributed by atoms with Crippen LogP contribution in [0.2, 0.25) is 0 Å². The lowest BCUT2D eigenvalue weighted by atomic mass is 10.1. The van der Waals surface area contributed by atoms with Crippen molar-refractivity contribution in [1.82, 2.24) is 5.32 Å². The van der Waals surface area contributed by atoms with Crippen LogP contribution in [-0.4, -0.2) is 30.9 Å². The Morgan fingerprint density at radius 1 is 1.45 bits per heavy atom. The van der Waals surface area contributed by atoms with Gasteiger partial charge in [0.2, 0.25) is 0 Å². The van der Waals surface area contributed by atoms with Crippen molar-refractivity contribution in [2.45, 2.75) is 26.4 Å². The van der Waals surface area contributed by atoms with Crippen molar-refractivity contribution in [2.24, 2.45) is 5.92 Å². The minimum atomic E-state index is -0.354. The maximum absolute atomic E-state index is 11.7. The normalized spacial score (nSPS) is 13.4. The molecule has 0 saturated heterocycles. The van der Waals surface area contributed by atoms with Gasteiger partial charge in [-0.15, -0.1) is 0 Å². The van der Waals surface area contributed by atoms with Gasteiger partial charge in [0.05, 0.1) is 17.7 Å². The molecule has 0 heterocycles. The Kier molecular flexibility index (Phi) is 6.81. The molecule has 112 valence electrons. The molecular formula is C14H21BrN2O3. The fourth-order valence-electron chi connectivity index (χ4n) is 1.85. The van der Waals surface area contributed by atoms with Gasteiger partial charge in [0.15, 0.2) is 0 Å². The van der Waals surface area contributed by atoms with Crippen LogP contribution in [0.15, 0.2) is 22.7 Å². The van der Waals surface area contributed by atoms with Gasteiger partial charge in [0, 0.05) is 12.2 Å². The van der Waals surface area contributed by atoms with Gasteiger partial charge in [0.1, 0.15) is 5.75 Å². The average molecular weight is 345 g/mol. The molecule has 0 unspecified atom stereocenters. The number of anilines is 1. The van der Waals surface area contributed by atoms with Crippen LogP contribution in [0.3, 0.4) is 0 Å². The van der Waals surface area contributed by atoms with Gasteiger partial charge in [-0.25, -0.2) is 4.79 Å². The number of aliphatic hydroxyl groups excluding tert-OH is 1. The third-order valence-corrected chi connectivity index (χ3v) is 3.38. The highest BCUT2D eigenvalue weighted by atomic mass is 79.9. The van der Waals surface area contributed by atoms with Gasteiger partial charge in [-0.05, 0) is 53.4 Å². The van der Waals surface area contributed by atoms with E-state index in [2.05, 4.69) is 26.6 Å². The molecule has 0 bridgehead atoms. The zero-order valence-corrected chi connectivity index (χ0v) is 13.5. The minimum Gasteiger partial charge on any atom is -0.496 e. The highest BCUT2D eigenvalue weighted by Crippen LogP contribution is 2.27. The van der Waals surface area contributed by atoms with E-state index in [1.165, 1.54) is 0 Å². The number of urea groups is 1. The number of hydrogen-bond donors (Lipinski definition) is 3. The van der Waals surface area contributed by atoms with Crippen LogP contribution >= 0.6 is 15.9 Å². The Labute approximate surface area is 127 Å². The third-order valence-electron chi connectivity index (χ3n) is 2.76. The summed E-state index contributed by atoms with van der Waals surface area (Å²) in [5.41, 5.74) is 0.679. The first-order valence-corrected chi connectivity index (χ1v) is 7.28. The fraction of sp³-hybridized carbons (Fsp3) is 0.500. The first-order chi connectivity index (χ1) is 9.42. The summed E-state index contributed by atoms with van der Waals surface area (Å²) in [5, 5.41) is 14.8. The molecule has 0 aliphatic heterocycles. The Morgan fingerprint density at radius 2 is 2.15 bits per heavy atom. The van der Waals surface area contributed by atoms with Crippen molar-refractivity contribution in [3.8, 4) is 5.75 Å². The molecule has 0 fully saturated rings. The lowest BCUT2D eigenvalue weighted by molar-refractivity contribution is 0.163. The number of hydrogen-bond acceptors (Lipinski definition) is 3. The largest absolute Gasteiger partial charge is 0.496 e. The summed E-state index contributed by atoms with van der Waals surface area (Å²) in [5.74, 6) is 0.935. The molecule has 0 aliphatic rings. The number of rotatable bonds is 6. The van der Waals surface area contributed by atoms with Gasteiger partial charge in [-0.2, -0.15) is 0 Å². The highest BCUT2D eigenvalue weighted by Gasteiger charge is 2.09. The second kappa shape index (κ2) is 8.11. The number of benzene rings is 1. The molecule has 0 spiro atoms. The van der Waals surface area contributed by atoms with Crippen LogP contribution in [0, 0.1) is 5.92 Å². The maximum Gasteiger partial charge on any atom is 0.319 e. The third kappa shape index (κ3) is 5.79. The number of amides is 2. The molecule has 0 aliphatic carbocycles. The minimum absolute atomic E-state index is 0.225. The van der Waals surface area contributed by atoms with E-state index in [9.17, 15) is 9.90 Å². The SMILES string of the molecule is COc1ccc(NC(=O)NC[C@H](C)C[C@@H](C)O)cc1Br. The molecule has 3 N–H and O–H groups in total. The molecule has 2 amide bonds. The van der Waals surface area contributed by atoms with Crippen molar-refractivity contribution >= 4 is 27.6 Å². The zero-order valence-electron chi connectivity index (χ0n) is 11.9. The number of carbonyl (C=O) groups is 1. The number of halogens is 1. The first-order valence-electron chi connectivity index (χ1n) is 6.48. The van der Waals surface area contributed by atoms with Crippen molar-refractivity contribution in [3.05, 3.63) is 22.7 Å². The van der Waals surface area contributed by atoms with Gasteiger partial charge in [-0.3, -0.25) is 0 Å². The maximum atomic E-state index is 11.7. The monoisotopic (exact) mass is 344 g/mol. The van der Waals surface area contributed by atoms with E-state index in [0.29, 0.717) is 24.4 Å². The summed E-state index contributed by atoms with van der Waals surface area (Å²) in [6.07, 6.45) is 0.307. The summed E-state index contributed by atoms with van der Waals surface area (Å²) in [7, 11) is 1.59. The van der Waals surface area contributed by atoms with E-state index in [1.807, 2.05) is 6.92 Å². The Hall–Kier alpha value is -1.27. The van der Waals surface area contributed by atoms with Crippen LogP contribution in [0.1, 0.15) is 20.3 Å². The van der Waals surface area contributed by atoms with E-state index in [1.54, 1.807) is 32.2 Å². The van der Waals surface area contributed by atoms with E-state index in [-0.39, 0.29) is 18.1 Å². The first kappa shape index (κ1) is 16.8. The summed E-state index contributed by atoms with van der Waals surface area (Å²) < 4.78 is 5.90. The highest BCUT2D eigenvalue weighted by molar-refractivity contribution is 9.10. The molecule has 1 aromatic carbocycles. The second-order valence-electron chi connectivity index (χ2n) is 4.87. The summed E-state index contributed by atoms with van der Waals surface area (Å²) in [4.78, 5) is 11.7. The van der Waals surface area contributed by atoms with Crippen LogP contribution in [0.25, 0.3) is 0 Å².